The van der Waals surface area contributed by atoms with Crippen molar-refractivity contribution in [1.29, 1.82) is 0 Å². The van der Waals surface area contributed by atoms with Crippen LogP contribution >= 0.6 is 0 Å². The maximum absolute atomic E-state index is 3.44. The van der Waals surface area contributed by atoms with E-state index in [1.165, 1.54) is 38.6 Å². The highest BCUT2D eigenvalue weighted by molar-refractivity contribution is 5.27. The van der Waals surface area contributed by atoms with E-state index in [1.807, 2.05) is 0 Å². The van der Waals surface area contributed by atoms with Gasteiger partial charge in [0.15, 0.2) is 0 Å². The van der Waals surface area contributed by atoms with E-state index in [4.69, 9.17) is 0 Å². The van der Waals surface area contributed by atoms with Gasteiger partial charge in [-0.25, -0.2) is 0 Å². The maximum atomic E-state index is 3.44. The molecule has 2 atom stereocenters. The van der Waals surface area contributed by atoms with Gasteiger partial charge in [0.2, 0.25) is 0 Å². The SMILES string of the molecule is CNCC1(C2CC2c2ccccc2)CCCC1. The van der Waals surface area contributed by atoms with Crippen LogP contribution in [0.1, 0.15) is 43.6 Å². The first-order chi connectivity index (χ1) is 8.36. The van der Waals surface area contributed by atoms with Crippen LogP contribution in [0.4, 0.5) is 0 Å². The van der Waals surface area contributed by atoms with E-state index in [2.05, 4.69) is 42.7 Å². The van der Waals surface area contributed by atoms with E-state index in [0.717, 1.165) is 11.8 Å². The molecule has 0 spiro atoms. The van der Waals surface area contributed by atoms with Crippen LogP contribution in [0.25, 0.3) is 0 Å². The Morgan fingerprint density at radius 2 is 1.88 bits per heavy atom. The molecule has 0 aliphatic heterocycles. The van der Waals surface area contributed by atoms with E-state index in [1.54, 1.807) is 5.56 Å². The lowest BCUT2D eigenvalue weighted by Crippen LogP contribution is -2.32. The van der Waals surface area contributed by atoms with Crippen molar-refractivity contribution in [2.75, 3.05) is 13.6 Å². The molecule has 0 amide bonds. The van der Waals surface area contributed by atoms with Gasteiger partial charge in [0.05, 0.1) is 0 Å². The fourth-order valence-electron chi connectivity index (χ4n) is 4.05. The molecule has 2 aliphatic carbocycles. The van der Waals surface area contributed by atoms with Gasteiger partial charge in [0.25, 0.3) is 0 Å². The van der Waals surface area contributed by atoms with Gasteiger partial charge in [-0.1, -0.05) is 43.2 Å². The first-order valence-electron chi connectivity index (χ1n) is 7.05. The summed E-state index contributed by atoms with van der Waals surface area (Å²) < 4.78 is 0. The van der Waals surface area contributed by atoms with Crippen LogP contribution in [0.15, 0.2) is 30.3 Å². The summed E-state index contributed by atoms with van der Waals surface area (Å²) in [6.07, 6.45) is 7.20. The van der Waals surface area contributed by atoms with Gasteiger partial charge in [0.1, 0.15) is 0 Å². The molecule has 0 radical (unpaired) electrons. The molecule has 92 valence electrons. The second-order valence-corrected chi connectivity index (χ2v) is 5.96. The molecule has 1 nitrogen and oxygen atoms in total. The van der Waals surface area contributed by atoms with Crippen molar-refractivity contribution < 1.29 is 0 Å². The van der Waals surface area contributed by atoms with Crippen molar-refractivity contribution in [1.82, 2.24) is 5.32 Å². The zero-order chi connectivity index (χ0) is 11.7. The smallest absolute Gasteiger partial charge is 0.000768 e. The van der Waals surface area contributed by atoms with E-state index in [0.29, 0.717) is 5.41 Å². The molecular formula is C16H23N. The third-order valence-corrected chi connectivity index (χ3v) is 4.93. The van der Waals surface area contributed by atoms with Crippen LogP contribution in [0.2, 0.25) is 0 Å². The number of hydrogen-bond donors (Lipinski definition) is 1. The lowest BCUT2D eigenvalue weighted by Gasteiger charge is -2.29. The lowest BCUT2D eigenvalue weighted by molar-refractivity contribution is 0.237. The molecule has 2 unspecified atom stereocenters. The first-order valence-corrected chi connectivity index (χ1v) is 7.05. The molecule has 1 heteroatoms. The Balaban J connectivity index is 1.74. The van der Waals surface area contributed by atoms with Gasteiger partial charge >= 0.3 is 0 Å². The molecule has 2 fully saturated rings. The molecule has 17 heavy (non-hydrogen) atoms. The van der Waals surface area contributed by atoms with Gasteiger partial charge < -0.3 is 5.32 Å². The van der Waals surface area contributed by atoms with Gasteiger partial charge in [-0.15, -0.1) is 0 Å². The minimum Gasteiger partial charge on any atom is -0.319 e. The van der Waals surface area contributed by atoms with Crippen molar-refractivity contribution in [2.24, 2.45) is 11.3 Å². The van der Waals surface area contributed by atoms with Crippen LogP contribution < -0.4 is 5.32 Å². The lowest BCUT2D eigenvalue weighted by atomic mass is 9.79. The fourth-order valence-corrected chi connectivity index (χ4v) is 4.05. The summed E-state index contributed by atoms with van der Waals surface area (Å²) in [5.74, 6) is 1.79. The standard InChI is InChI=1S/C16H23N/c1-17-12-16(9-5-6-10-16)15-11-14(15)13-7-3-2-4-8-13/h2-4,7-8,14-15,17H,5-6,9-12H2,1H3. The third-order valence-electron chi connectivity index (χ3n) is 4.93. The molecule has 1 aromatic carbocycles. The second-order valence-electron chi connectivity index (χ2n) is 5.96. The Bertz CT molecular complexity index is 364. The average molecular weight is 229 g/mol. The van der Waals surface area contributed by atoms with Gasteiger partial charge in [-0.05, 0) is 49.1 Å². The molecule has 0 aromatic heterocycles. The molecular weight excluding hydrogens is 206 g/mol. The predicted molar refractivity (Wildman–Crippen MR) is 72.1 cm³/mol. The Labute approximate surface area is 105 Å². The van der Waals surface area contributed by atoms with Crippen LogP contribution in [0.3, 0.4) is 0 Å². The second kappa shape index (κ2) is 4.45. The zero-order valence-electron chi connectivity index (χ0n) is 10.8. The Morgan fingerprint density at radius 3 is 2.53 bits per heavy atom. The maximum Gasteiger partial charge on any atom is 0.000768 e. The summed E-state index contributed by atoms with van der Waals surface area (Å²) in [5.41, 5.74) is 2.19. The van der Waals surface area contributed by atoms with Gasteiger partial charge in [-0.3, -0.25) is 0 Å². The van der Waals surface area contributed by atoms with E-state index in [9.17, 15) is 0 Å². The highest BCUT2D eigenvalue weighted by Crippen LogP contribution is 2.62. The summed E-state index contributed by atoms with van der Waals surface area (Å²) in [7, 11) is 2.11. The van der Waals surface area contributed by atoms with Crippen LogP contribution in [0.5, 0.6) is 0 Å². The summed E-state index contributed by atoms with van der Waals surface area (Å²) in [6, 6.07) is 11.1. The normalized spacial score (nSPS) is 30.4. The molecule has 0 bridgehead atoms. The first kappa shape index (κ1) is 11.3. The van der Waals surface area contributed by atoms with E-state index < -0.39 is 0 Å². The summed E-state index contributed by atoms with van der Waals surface area (Å²) in [6.45, 7) is 1.22. The Hall–Kier alpha value is -0.820. The molecule has 2 saturated carbocycles. The number of nitrogens with one attached hydrogen (secondary N) is 1. The number of benzene rings is 1. The van der Waals surface area contributed by atoms with Crippen molar-refractivity contribution in [3.8, 4) is 0 Å². The van der Waals surface area contributed by atoms with Crippen LogP contribution in [-0.2, 0) is 0 Å². The fraction of sp³-hybridized carbons (Fsp3) is 0.625. The number of hydrogen-bond acceptors (Lipinski definition) is 1. The van der Waals surface area contributed by atoms with Crippen molar-refractivity contribution in [3.63, 3.8) is 0 Å². The van der Waals surface area contributed by atoms with Gasteiger partial charge in [0, 0.05) is 6.54 Å². The van der Waals surface area contributed by atoms with Crippen molar-refractivity contribution >= 4 is 0 Å². The quantitative estimate of drug-likeness (QED) is 0.832. The zero-order valence-corrected chi connectivity index (χ0v) is 10.8. The Morgan fingerprint density at radius 1 is 1.18 bits per heavy atom. The molecule has 1 aromatic rings. The highest BCUT2D eigenvalue weighted by Gasteiger charge is 2.53. The Kier molecular flexibility index (Phi) is 2.96. The monoisotopic (exact) mass is 229 g/mol. The molecule has 3 rings (SSSR count). The van der Waals surface area contributed by atoms with Crippen molar-refractivity contribution in [2.45, 2.75) is 38.0 Å². The average Bonchev–Trinajstić information content (AvgIpc) is 3.06. The van der Waals surface area contributed by atoms with E-state index in [-0.39, 0.29) is 0 Å². The molecule has 0 saturated heterocycles. The minimum atomic E-state index is 0.620. The summed E-state index contributed by atoms with van der Waals surface area (Å²) in [5, 5.41) is 3.44. The van der Waals surface area contributed by atoms with Crippen LogP contribution in [0, 0.1) is 11.3 Å². The van der Waals surface area contributed by atoms with Crippen molar-refractivity contribution in [3.05, 3.63) is 35.9 Å². The van der Waals surface area contributed by atoms with E-state index >= 15 is 0 Å². The summed E-state index contributed by atoms with van der Waals surface area (Å²) >= 11 is 0. The van der Waals surface area contributed by atoms with Crippen LogP contribution in [-0.4, -0.2) is 13.6 Å². The predicted octanol–water partition coefficient (Wildman–Crippen LogP) is 3.57. The molecule has 0 heterocycles. The highest BCUT2D eigenvalue weighted by atomic mass is 14.8. The third kappa shape index (κ3) is 2.01. The minimum absolute atomic E-state index is 0.620. The largest absolute Gasteiger partial charge is 0.319 e. The molecule has 2 aliphatic rings. The summed E-state index contributed by atoms with van der Waals surface area (Å²) in [4.78, 5) is 0. The molecule has 1 N–H and O–H groups in total. The van der Waals surface area contributed by atoms with Gasteiger partial charge in [-0.2, -0.15) is 0 Å². The number of rotatable bonds is 4. The topological polar surface area (TPSA) is 12.0 Å².